The number of esters is 1. The molecule has 1 aromatic carbocycles. The molecular formula is C23H26N2O4S2. The number of hydrogen-bond acceptors (Lipinski definition) is 6. The van der Waals surface area contributed by atoms with E-state index in [1.54, 1.807) is 20.1 Å². The van der Waals surface area contributed by atoms with Crippen molar-refractivity contribution in [1.82, 2.24) is 5.32 Å². The maximum atomic E-state index is 12.6. The van der Waals surface area contributed by atoms with Gasteiger partial charge in [-0.1, -0.05) is 19.1 Å². The average molecular weight is 459 g/mol. The van der Waals surface area contributed by atoms with Crippen LogP contribution in [0.1, 0.15) is 46.6 Å². The number of thiocarbonyl (C=S) groups is 1. The highest BCUT2D eigenvalue weighted by Gasteiger charge is 2.28. The molecule has 0 bridgehead atoms. The van der Waals surface area contributed by atoms with Crippen LogP contribution >= 0.6 is 23.6 Å². The molecule has 1 aromatic heterocycles. The highest BCUT2D eigenvalue weighted by molar-refractivity contribution is 7.80. The topological polar surface area (TPSA) is 76.7 Å². The minimum Gasteiger partial charge on any atom is -0.497 e. The number of amides is 1. The molecule has 0 saturated heterocycles. The molecule has 1 atom stereocenters. The second kappa shape index (κ2) is 10.5. The van der Waals surface area contributed by atoms with E-state index in [1.165, 1.54) is 22.3 Å². The highest BCUT2D eigenvalue weighted by atomic mass is 32.1. The first kappa shape index (κ1) is 23.0. The van der Waals surface area contributed by atoms with Gasteiger partial charge in [-0.05, 0) is 73.7 Å². The van der Waals surface area contributed by atoms with Gasteiger partial charge in [0.25, 0.3) is 0 Å². The van der Waals surface area contributed by atoms with Gasteiger partial charge < -0.3 is 14.8 Å². The number of fused-ring (bicyclic) bond motifs is 1. The van der Waals surface area contributed by atoms with Crippen LogP contribution in [0.4, 0.5) is 5.00 Å². The van der Waals surface area contributed by atoms with E-state index in [-0.39, 0.29) is 17.0 Å². The number of ether oxygens (including phenoxy) is 2. The Morgan fingerprint density at radius 3 is 2.71 bits per heavy atom. The minimum atomic E-state index is -0.360. The van der Waals surface area contributed by atoms with E-state index < -0.39 is 0 Å². The van der Waals surface area contributed by atoms with Gasteiger partial charge in [0.05, 0.1) is 19.3 Å². The van der Waals surface area contributed by atoms with Crippen LogP contribution in [0, 0.1) is 5.92 Å². The van der Waals surface area contributed by atoms with Crippen molar-refractivity contribution in [2.45, 2.75) is 33.1 Å². The molecule has 1 heterocycles. The molecular weight excluding hydrogens is 432 g/mol. The maximum Gasteiger partial charge on any atom is 0.341 e. The summed E-state index contributed by atoms with van der Waals surface area (Å²) in [7, 11) is 1.60. The molecule has 1 aliphatic rings. The van der Waals surface area contributed by atoms with E-state index in [1.807, 2.05) is 24.3 Å². The van der Waals surface area contributed by atoms with Crippen molar-refractivity contribution >= 4 is 51.6 Å². The summed E-state index contributed by atoms with van der Waals surface area (Å²) in [6.07, 6.45) is 5.90. The number of nitrogens with one attached hydrogen (secondary N) is 2. The number of hydrogen-bond donors (Lipinski definition) is 2. The smallest absolute Gasteiger partial charge is 0.341 e. The number of carbonyl (C=O) groups excluding carboxylic acids is 2. The molecule has 8 heteroatoms. The third-order valence-electron chi connectivity index (χ3n) is 5.00. The van der Waals surface area contributed by atoms with Crippen molar-refractivity contribution in [3.05, 3.63) is 51.9 Å². The number of thiophene rings is 1. The zero-order valence-corrected chi connectivity index (χ0v) is 19.5. The van der Waals surface area contributed by atoms with E-state index in [0.29, 0.717) is 23.1 Å². The molecule has 0 saturated carbocycles. The van der Waals surface area contributed by atoms with Crippen LogP contribution in [0.15, 0.2) is 30.3 Å². The van der Waals surface area contributed by atoms with Gasteiger partial charge in [0.2, 0.25) is 5.91 Å². The van der Waals surface area contributed by atoms with Gasteiger partial charge in [0.15, 0.2) is 5.11 Å². The third-order valence-corrected chi connectivity index (χ3v) is 6.37. The molecule has 31 heavy (non-hydrogen) atoms. The minimum absolute atomic E-state index is 0.140. The average Bonchev–Trinajstić information content (AvgIpc) is 3.09. The molecule has 0 aliphatic heterocycles. The van der Waals surface area contributed by atoms with E-state index >= 15 is 0 Å². The monoisotopic (exact) mass is 458 g/mol. The van der Waals surface area contributed by atoms with E-state index in [9.17, 15) is 9.59 Å². The number of methoxy groups -OCH3 is 1. The Hall–Kier alpha value is -2.71. The zero-order valence-electron chi connectivity index (χ0n) is 17.8. The lowest BCUT2D eigenvalue weighted by molar-refractivity contribution is -0.115. The second-order valence-electron chi connectivity index (χ2n) is 7.33. The molecule has 0 fully saturated rings. The van der Waals surface area contributed by atoms with E-state index in [2.05, 4.69) is 17.6 Å². The van der Waals surface area contributed by atoms with Crippen molar-refractivity contribution in [3.63, 3.8) is 0 Å². The molecule has 2 N–H and O–H groups in total. The predicted molar refractivity (Wildman–Crippen MR) is 128 cm³/mol. The predicted octanol–water partition coefficient (Wildman–Crippen LogP) is 4.58. The van der Waals surface area contributed by atoms with Gasteiger partial charge in [-0.3, -0.25) is 10.1 Å². The number of rotatable bonds is 6. The van der Waals surface area contributed by atoms with Crippen LogP contribution in [0.3, 0.4) is 0 Å². The van der Waals surface area contributed by atoms with E-state index in [4.69, 9.17) is 21.7 Å². The van der Waals surface area contributed by atoms with E-state index in [0.717, 1.165) is 36.1 Å². The molecule has 0 radical (unpaired) electrons. The van der Waals surface area contributed by atoms with Gasteiger partial charge in [-0.25, -0.2) is 4.79 Å². The quantitative estimate of drug-likeness (QED) is 0.375. The van der Waals surface area contributed by atoms with Gasteiger partial charge in [-0.2, -0.15) is 0 Å². The fourth-order valence-electron chi connectivity index (χ4n) is 3.43. The lowest BCUT2D eigenvalue weighted by Crippen LogP contribution is -2.33. The number of anilines is 1. The third kappa shape index (κ3) is 5.92. The van der Waals surface area contributed by atoms with Crippen LogP contribution in [-0.2, 0) is 22.4 Å². The Labute approximate surface area is 191 Å². The lowest BCUT2D eigenvalue weighted by atomic mass is 9.88. The van der Waals surface area contributed by atoms with Crippen molar-refractivity contribution in [3.8, 4) is 5.75 Å². The molecule has 6 nitrogen and oxygen atoms in total. The summed E-state index contributed by atoms with van der Waals surface area (Å²) in [5.41, 5.74) is 2.44. The molecule has 0 spiro atoms. The first-order valence-electron chi connectivity index (χ1n) is 10.2. The van der Waals surface area contributed by atoms with Crippen LogP contribution in [0.2, 0.25) is 0 Å². The maximum absolute atomic E-state index is 12.6. The van der Waals surface area contributed by atoms with Crippen LogP contribution in [-0.4, -0.2) is 30.7 Å². The Kier molecular flexibility index (Phi) is 7.81. The first-order valence-corrected chi connectivity index (χ1v) is 11.4. The summed E-state index contributed by atoms with van der Waals surface area (Å²) in [5.74, 6) is 0.604. The van der Waals surface area contributed by atoms with Crippen molar-refractivity contribution in [2.24, 2.45) is 5.92 Å². The van der Waals surface area contributed by atoms with Gasteiger partial charge in [0, 0.05) is 11.0 Å². The Balaban J connectivity index is 1.68. The molecule has 1 aliphatic carbocycles. The summed E-state index contributed by atoms with van der Waals surface area (Å²) >= 11 is 6.82. The zero-order chi connectivity index (χ0) is 22.4. The number of carbonyl (C=O) groups is 2. The molecule has 1 unspecified atom stereocenters. The molecule has 3 rings (SSSR count). The summed E-state index contributed by atoms with van der Waals surface area (Å²) in [5, 5.41) is 6.43. The first-order chi connectivity index (χ1) is 14.9. The van der Waals surface area contributed by atoms with Crippen LogP contribution in [0.5, 0.6) is 5.75 Å². The molecule has 164 valence electrons. The summed E-state index contributed by atoms with van der Waals surface area (Å²) in [6, 6.07) is 7.34. The second-order valence-corrected chi connectivity index (χ2v) is 8.84. The fraction of sp³-hybridized carbons (Fsp3) is 0.348. The van der Waals surface area contributed by atoms with Gasteiger partial charge >= 0.3 is 5.97 Å². The Bertz CT molecular complexity index is 996. The van der Waals surface area contributed by atoms with Gasteiger partial charge in [-0.15, -0.1) is 11.3 Å². The van der Waals surface area contributed by atoms with Crippen LogP contribution in [0.25, 0.3) is 6.08 Å². The van der Waals surface area contributed by atoms with Crippen molar-refractivity contribution in [2.75, 3.05) is 19.0 Å². The van der Waals surface area contributed by atoms with Gasteiger partial charge in [0.1, 0.15) is 10.8 Å². The largest absolute Gasteiger partial charge is 0.497 e. The van der Waals surface area contributed by atoms with Crippen molar-refractivity contribution in [1.29, 1.82) is 0 Å². The highest BCUT2D eigenvalue weighted by Crippen LogP contribution is 2.40. The number of benzene rings is 1. The van der Waals surface area contributed by atoms with Crippen molar-refractivity contribution < 1.29 is 19.1 Å². The lowest BCUT2D eigenvalue weighted by Gasteiger charge is -2.18. The van der Waals surface area contributed by atoms with Crippen LogP contribution < -0.4 is 15.4 Å². The fourth-order valence-corrected chi connectivity index (χ4v) is 5.10. The Morgan fingerprint density at radius 2 is 2.03 bits per heavy atom. The SMILES string of the molecule is CCOC(=O)c1c(NC(=S)NC(=O)C=Cc2ccc(OC)cc2)sc2c1CCC(C)C2. The standard InChI is InChI=1S/C23H26N2O4S2/c1-4-29-22(27)20-17-11-5-14(2)13-18(17)31-21(20)25-23(30)24-19(26)12-8-15-6-9-16(28-3)10-7-15/h6-10,12,14H,4-5,11,13H2,1-3H3,(H2,24,25,26,30). The molecule has 1 amide bonds. The Morgan fingerprint density at radius 1 is 1.29 bits per heavy atom. The summed E-state index contributed by atoms with van der Waals surface area (Å²) < 4.78 is 10.4. The normalized spacial score (nSPS) is 15.3. The summed E-state index contributed by atoms with van der Waals surface area (Å²) in [4.78, 5) is 26.0. The molecule has 2 aromatic rings. The summed E-state index contributed by atoms with van der Waals surface area (Å²) in [6.45, 7) is 4.29.